The monoisotopic (exact) mass is 328 g/mol. The van der Waals surface area contributed by atoms with Crippen molar-refractivity contribution in [3.8, 4) is 5.75 Å². The summed E-state index contributed by atoms with van der Waals surface area (Å²) in [5.41, 5.74) is 1.45. The molecule has 1 aliphatic rings. The number of carbonyl (C=O) groups is 1. The molecule has 1 atom stereocenters. The first-order valence-corrected chi connectivity index (χ1v) is 8.12. The van der Waals surface area contributed by atoms with Gasteiger partial charge in [-0.05, 0) is 42.8 Å². The Bertz CT molecular complexity index is 727. The van der Waals surface area contributed by atoms with Crippen molar-refractivity contribution in [3.05, 3.63) is 65.5 Å². The van der Waals surface area contributed by atoms with Crippen molar-refractivity contribution in [3.63, 3.8) is 0 Å². The van der Waals surface area contributed by atoms with Gasteiger partial charge in [0.1, 0.15) is 11.6 Å². The normalized spacial score (nSPS) is 16.8. The molecule has 1 amide bonds. The van der Waals surface area contributed by atoms with Gasteiger partial charge in [0.05, 0.1) is 0 Å². The third-order valence-corrected chi connectivity index (χ3v) is 4.57. The Kier molecular flexibility index (Phi) is 4.81. The second kappa shape index (κ2) is 7.01. The summed E-state index contributed by atoms with van der Waals surface area (Å²) in [7, 11) is 0. The standard InChI is InChI=1S/C19H21FN2O2/c1-14(15-4-2-6-17(20)12-15)21-8-10-22(11-9-21)19(24)16-5-3-7-18(23)13-16/h2-7,12-14,23H,8-11H2,1H3/t14-/m1/s1. The van der Waals surface area contributed by atoms with Crippen LogP contribution in [0, 0.1) is 5.82 Å². The highest BCUT2D eigenvalue weighted by atomic mass is 19.1. The molecule has 1 saturated heterocycles. The Hall–Kier alpha value is -2.40. The highest BCUT2D eigenvalue weighted by Crippen LogP contribution is 2.23. The molecule has 2 aromatic rings. The average molecular weight is 328 g/mol. The van der Waals surface area contributed by atoms with Gasteiger partial charge in [0.15, 0.2) is 0 Å². The van der Waals surface area contributed by atoms with Crippen molar-refractivity contribution >= 4 is 5.91 Å². The first kappa shape index (κ1) is 16.5. The van der Waals surface area contributed by atoms with Gasteiger partial charge in [-0.2, -0.15) is 0 Å². The summed E-state index contributed by atoms with van der Waals surface area (Å²) in [6.07, 6.45) is 0. The second-order valence-electron chi connectivity index (χ2n) is 6.11. The van der Waals surface area contributed by atoms with E-state index in [-0.39, 0.29) is 23.5 Å². The third-order valence-electron chi connectivity index (χ3n) is 4.57. The summed E-state index contributed by atoms with van der Waals surface area (Å²) in [6, 6.07) is 13.2. The molecule has 1 aliphatic heterocycles. The summed E-state index contributed by atoms with van der Waals surface area (Å²) in [5.74, 6) is -0.194. The van der Waals surface area contributed by atoms with Crippen LogP contribution in [-0.4, -0.2) is 47.0 Å². The van der Waals surface area contributed by atoms with E-state index in [1.165, 1.54) is 12.1 Å². The summed E-state index contributed by atoms with van der Waals surface area (Å²) in [4.78, 5) is 16.5. The molecule has 0 bridgehead atoms. The maximum absolute atomic E-state index is 13.4. The Morgan fingerprint density at radius 3 is 2.46 bits per heavy atom. The van der Waals surface area contributed by atoms with Crippen molar-refractivity contribution in [2.24, 2.45) is 0 Å². The third kappa shape index (κ3) is 3.57. The number of piperazine rings is 1. The van der Waals surface area contributed by atoms with E-state index in [1.54, 1.807) is 35.2 Å². The van der Waals surface area contributed by atoms with Crippen molar-refractivity contribution < 1.29 is 14.3 Å². The molecule has 0 saturated carbocycles. The van der Waals surface area contributed by atoms with Gasteiger partial charge < -0.3 is 10.0 Å². The highest BCUT2D eigenvalue weighted by molar-refractivity contribution is 5.94. The zero-order chi connectivity index (χ0) is 17.1. The van der Waals surface area contributed by atoms with Crippen LogP contribution in [0.5, 0.6) is 5.75 Å². The first-order chi connectivity index (χ1) is 11.5. The lowest BCUT2D eigenvalue weighted by Gasteiger charge is -2.38. The van der Waals surface area contributed by atoms with E-state index >= 15 is 0 Å². The summed E-state index contributed by atoms with van der Waals surface area (Å²) in [6.45, 7) is 4.77. The van der Waals surface area contributed by atoms with Crippen LogP contribution in [0.3, 0.4) is 0 Å². The number of phenolic OH excluding ortho intramolecular Hbond substituents is 1. The Morgan fingerprint density at radius 2 is 1.79 bits per heavy atom. The molecule has 0 radical (unpaired) electrons. The fourth-order valence-electron chi connectivity index (χ4n) is 3.11. The number of benzene rings is 2. The van der Waals surface area contributed by atoms with Crippen LogP contribution in [0.1, 0.15) is 28.9 Å². The molecule has 0 spiro atoms. The van der Waals surface area contributed by atoms with E-state index in [4.69, 9.17) is 0 Å². The fourth-order valence-corrected chi connectivity index (χ4v) is 3.11. The van der Waals surface area contributed by atoms with Crippen molar-refractivity contribution in [1.82, 2.24) is 9.80 Å². The van der Waals surface area contributed by atoms with Crippen molar-refractivity contribution in [1.29, 1.82) is 0 Å². The predicted octanol–water partition coefficient (Wildman–Crippen LogP) is 3.05. The molecule has 126 valence electrons. The minimum atomic E-state index is -0.225. The fraction of sp³-hybridized carbons (Fsp3) is 0.316. The molecule has 1 fully saturated rings. The van der Waals surface area contributed by atoms with E-state index in [1.807, 2.05) is 6.07 Å². The van der Waals surface area contributed by atoms with Crippen molar-refractivity contribution in [2.75, 3.05) is 26.2 Å². The Balaban J connectivity index is 1.62. The lowest BCUT2D eigenvalue weighted by Crippen LogP contribution is -2.49. The van der Waals surface area contributed by atoms with Crippen LogP contribution >= 0.6 is 0 Å². The minimum Gasteiger partial charge on any atom is -0.508 e. The SMILES string of the molecule is C[C@H](c1cccc(F)c1)N1CCN(C(=O)c2cccc(O)c2)CC1. The zero-order valence-corrected chi connectivity index (χ0v) is 13.7. The van der Waals surface area contributed by atoms with Crippen LogP contribution in [0.2, 0.25) is 0 Å². The largest absolute Gasteiger partial charge is 0.508 e. The lowest BCUT2D eigenvalue weighted by atomic mass is 10.1. The van der Waals surface area contributed by atoms with Gasteiger partial charge in [-0.15, -0.1) is 0 Å². The molecule has 5 heteroatoms. The van der Waals surface area contributed by atoms with Crippen molar-refractivity contribution in [2.45, 2.75) is 13.0 Å². The number of nitrogens with zero attached hydrogens (tertiary/aromatic N) is 2. The van der Waals surface area contributed by atoms with E-state index in [0.29, 0.717) is 18.7 Å². The second-order valence-corrected chi connectivity index (χ2v) is 6.11. The van der Waals surface area contributed by atoms with Gasteiger partial charge in [0.25, 0.3) is 5.91 Å². The van der Waals surface area contributed by atoms with Crippen LogP contribution in [0.4, 0.5) is 4.39 Å². The van der Waals surface area contributed by atoms with Gasteiger partial charge >= 0.3 is 0 Å². The van der Waals surface area contributed by atoms with Crippen LogP contribution < -0.4 is 0 Å². The Morgan fingerprint density at radius 1 is 1.08 bits per heavy atom. The number of hydrogen-bond donors (Lipinski definition) is 1. The first-order valence-electron chi connectivity index (χ1n) is 8.12. The maximum atomic E-state index is 13.4. The number of halogens is 1. The number of aromatic hydroxyl groups is 1. The molecule has 24 heavy (non-hydrogen) atoms. The van der Waals surface area contributed by atoms with Gasteiger partial charge in [0.2, 0.25) is 0 Å². The van der Waals surface area contributed by atoms with E-state index in [0.717, 1.165) is 18.7 Å². The van der Waals surface area contributed by atoms with Gasteiger partial charge in [-0.3, -0.25) is 9.69 Å². The van der Waals surface area contributed by atoms with Crippen LogP contribution in [-0.2, 0) is 0 Å². The number of phenols is 1. The summed E-state index contributed by atoms with van der Waals surface area (Å²) in [5, 5.41) is 9.51. The topological polar surface area (TPSA) is 43.8 Å². The number of amides is 1. The Labute approximate surface area is 141 Å². The van der Waals surface area contributed by atoms with Gasteiger partial charge in [0, 0.05) is 37.8 Å². The molecule has 1 heterocycles. The highest BCUT2D eigenvalue weighted by Gasteiger charge is 2.25. The molecule has 3 rings (SSSR count). The van der Waals surface area contributed by atoms with E-state index < -0.39 is 0 Å². The van der Waals surface area contributed by atoms with Crippen LogP contribution in [0.15, 0.2) is 48.5 Å². The summed E-state index contributed by atoms with van der Waals surface area (Å²) >= 11 is 0. The minimum absolute atomic E-state index is 0.0658. The molecule has 4 nitrogen and oxygen atoms in total. The zero-order valence-electron chi connectivity index (χ0n) is 13.7. The molecular formula is C19H21FN2O2. The molecule has 0 aromatic heterocycles. The van der Waals surface area contributed by atoms with E-state index in [2.05, 4.69) is 11.8 Å². The van der Waals surface area contributed by atoms with Gasteiger partial charge in [-0.1, -0.05) is 18.2 Å². The molecule has 2 aromatic carbocycles. The smallest absolute Gasteiger partial charge is 0.254 e. The maximum Gasteiger partial charge on any atom is 0.254 e. The molecular weight excluding hydrogens is 307 g/mol. The van der Waals surface area contributed by atoms with Crippen LogP contribution in [0.25, 0.3) is 0 Å². The van der Waals surface area contributed by atoms with E-state index in [9.17, 15) is 14.3 Å². The number of rotatable bonds is 3. The number of hydrogen-bond acceptors (Lipinski definition) is 3. The quantitative estimate of drug-likeness (QED) is 0.942. The molecule has 0 unspecified atom stereocenters. The van der Waals surface area contributed by atoms with Gasteiger partial charge in [-0.25, -0.2) is 4.39 Å². The predicted molar refractivity (Wildman–Crippen MR) is 90.4 cm³/mol. The summed E-state index contributed by atoms with van der Waals surface area (Å²) < 4.78 is 13.4. The average Bonchev–Trinajstić information content (AvgIpc) is 2.60. The lowest BCUT2D eigenvalue weighted by molar-refractivity contribution is 0.0581. The molecule has 1 N–H and O–H groups in total. The number of carbonyl (C=O) groups excluding carboxylic acids is 1. The molecule has 0 aliphatic carbocycles.